The molecule has 1 N–H and O–H groups in total. The number of hydrogen-bond acceptors (Lipinski definition) is 4. The second kappa shape index (κ2) is 5.83. The lowest BCUT2D eigenvalue weighted by Crippen LogP contribution is -2.26. The minimum Gasteiger partial charge on any atom is -0.339 e. The molecule has 100 valence electrons. The molecule has 0 unspecified atom stereocenters. The van der Waals surface area contributed by atoms with Crippen LogP contribution in [0.5, 0.6) is 0 Å². The summed E-state index contributed by atoms with van der Waals surface area (Å²) >= 11 is 0. The number of piperidine rings is 1. The van der Waals surface area contributed by atoms with Gasteiger partial charge in [0.05, 0.1) is 0 Å². The van der Waals surface area contributed by atoms with Crippen LogP contribution in [0.2, 0.25) is 0 Å². The van der Waals surface area contributed by atoms with Gasteiger partial charge in [0, 0.05) is 11.8 Å². The van der Waals surface area contributed by atoms with Crippen molar-refractivity contribution < 1.29 is 4.52 Å². The average Bonchev–Trinajstić information content (AvgIpc) is 2.76. The van der Waals surface area contributed by atoms with Crippen LogP contribution in [0.1, 0.15) is 74.9 Å². The zero-order valence-corrected chi connectivity index (χ0v) is 11.0. The Labute approximate surface area is 109 Å². The molecule has 2 aliphatic rings. The molecule has 0 aromatic carbocycles. The minimum absolute atomic E-state index is 0.485. The number of aromatic nitrogens is 2. The molecule has 1 saturated heterocycles. The van der Waals surface area contributed by atoms with Crippen LogP contribution in [0.15, 0.2) is 4.52 Å². The quantitative estimate of drug-likeness (QED) is 0.819. The van der Waals surface area contributed by atoms with Gasteiger partial charge in [-0.25, -0.2) is 0 Å². The number of rotatable bonds is 2. The molecule has 0 bridgehead atoms. The van der Waals surface area contributed by atoms with E-state index in [1.807, 2.05) is 0 Å². The van der Waals surface area contributed by atoms with Crippen LogP contribution in [-0.4, -0.2) is 23.2 Å². The van der Waals surface area contributed by atoms with Gasteiger partial charge in [0.1, 0.15) is 0 Å². The Hall–Kier alpha value is -0.900. The summed E-state index contributed by atoms with van der Waals surface area (Å²) in [6.45, 7) is 2.15. The molecule has 1 saturated carbocycles. The maximum absolute atomic E-state index is 5.51. The van der Waals surface area contributed by atoms with Gasteiger partial charge < -0.3 is 9.84 Å². The van der Waals surface area contributed by atoms with Crippen LogP contribution in [0.3, 0.4) is 0 Å². The van der Waals surface area contributed by atoms with Crippen molar-refractivity contribution in [1.82, 2.24) is 15.5 Å². The SMILES string of the molecule is C1CCCC(c2noc(C3CCNCC3)n2)CC1. The number of hydrogen-bond donors (Lipinski definition) is 1. The molecule has 0 amide bonds. The van der Waals surface area contributed by atoms with Crippen molar-refractivity contribution in [2.45, 2.75) is 63.2 Å². The van der Waals surface area contributed by atoms with Gasteiger partial charge in [0.25, 0.3) is 0 Å². The van der Waals surface area contributed by atoms with E-state index in [2.05, 4.69) is 10.5 Å². The third-order valence-electron chi connectivity index (χ3n) is 4.37. The molecule has 1 aliphatic carbocycles. The largest absolute Gasteiger partial charge is 0.339 e. The van der Waals surface area contributed by atoms with Gasteiger partial charge in [-0.3, -0.25) is 0 Å². The van der Waals surface area contributed by atoms with Gasteiger partial charge >= 0.3 is 0 Å². The first-order valence-corrected chi connectivity index (χ1v) is 7.47. The lowest BCUT2D eigenvalue weighted by molar-refractivity contribution is 0.316. The van der Waals surface area contributed by atoms with Crippen LogP contribution in [0.4, 0.5) is 0 Å². The Morgan fingerprint density at radius 2 is 1.61 bits per heavy atom. The van der Waals surface area contributed by atoms with Crippen molar-refractivity contribution in [1.29, 1.82) is 0 Å². The first kappa shape index (κ1) is 12.2. The molecule has 1 aromatic rings. The Balaban J connectivity index is 1.67. The lowest BCUT2D eigenvalue weighted by atomic mass is 9.97. The fraction of sp³-hybridized carbons (Fsp3) is 0.857. The molecule has 0 atom stereocenters. The van der Waals surface area contributed by atoms with Gasteiger partial charge in [0.15, 0.2) is 5.82 Å². The lowest BCUT2D eigenvalue weighted by Gasteiger charge is -2.18. The first-order chi connectivity index (χ1) is 8.93. The molecule has 2 fully saturated rings. The number of nitrogens with one attached hydrogen (secondary N) is 1. The zero-order chi connectivity index (χ0) is 12.2. The Morgan fingerprint density at radius 1 is 0.889 bits per heavy atom. The van der Waals surface area contributed by atoms with E-state index < -0.39 is 0 Å². The van der Waals surface area contributed by atoms with Crippen molar-refractivity contribution in [2.75, 3.05) is 13.1 Å². The summed E-state index contributed by atoms with van der Waals surface area (Å²) in [4.78, 5) is 4.69. The van der Waals surface area contributed by atoms with Crippen LogP contribution in [-0.2, 0) is 0 Å². The summed E-state index contributed by atoms with van der Waals surface area (Å²) in [6, 6.07) is 0. The van der Waals surface area contributed by atoms with E-state index in [1.165, 1.54) is 38.5 Å². The van der Waals surface area contributed by atoms with E-state index in [0.717, 1.165) is 37.6 Å². The summed E-state index contributed by atoms with van der Waals surface area (Å²) in [5.74, 6) is 2.89. The molecule has 4 nitrogen and oxygen atoms in total. The molecular weight excluding hydrogens is 226 g/mol. The third-order valence-corrected chi connectivity index (χ3v) is 4.37. The highest BCUT2D eigenvalue weighted by Gasteiger charge is 2.24. The number of nitrogens with zero attached hydrogens (tertiary/aromatic N) is 2. The first-order valence-electron chi connectivity index (χ1n) is 7.47. The van der Waals surface area contributed by atoms with Gasteiger partial charge in [0.2, 0.25) is 5.89 Å². The summed E-state index contributed by atoms with van der Waals surface area (Å²) in [5.41, 5.74) is 0. The second-order valence-corrected chi connectivity index (χ2v) is 5.70. The Morgan fingerprint density at radius 3 is 2.33 bits per heavy atom. The maximum atomic E-state index is 5.51. The van der Waals surface area contributed by atoms with E-state index >= 15 is 0 Å². The van der Waals surface area contributed by atoms with Gasteiger partial charge in [-0.15, -0.1) is 0 Å². The van der Waals surface area contributed by atoms with Crippen LogP contribution >= 0.6 is 0 Å². The Kier molecular flexibility index (Phi) is 3.93. The molecule has 0 radical (unpaired) electrons. The van der Waals surface area contributed by atoms with E-state index in [-0.39, 0.29) is 0 Å². The van der Waals surface area contributed by atoms with E-state index in [9.17, 15) is 0 Å². The molecular formula is C14H23N3O. The van der Waals surface area contributed by atoms with Crippen molar-refractivity contribution in [2.24, 2.45) is 0 Å². The summed E-state index contributed by atoms with van der Waals surface area (Å²) in [6.07, 6.45) is 10.1. The molecule has 1 aliphatic heterocycles. The van der Waals surface area contributed by atoms with Crippen LogP contribution < -0.4 is 5.32 Å². The normalized spacial score (nSPS) is 24.0. The van der Waals surface area contributed by atoms with Gasteiger partial charge in [-0.2, -0.15) is 4.98 Å². The molecule has 18 heavy (non-hydrogen) atoms. The fourth-order valence-electron chi connectivity index (χ4n) is 3.19. The summed E-state index contributed by atoms with van der Waals surface area (Å²) < 4.78 is 5.51. The van der Waals surface area contributed by atoms with Gasteiger partial charge in [-0.05, 0) is 38.8 Å². The highest BCUT2D eigenvalue weighted by molar-refractivity contribution is 5.01. The third kappa shape index (κ3) is 2.74. The van der Waals surface area contributed by atoms with E-state index in [4.69, 9.17) is 9.51 Å². The monoisotopic (exact) mass is 249 g/mol. The molecule has 2 heterocycles. The highest BCUT2D eigenvalue weighted by Crippen LogP contribution is 2.31. The van der Waals surface area contributed by atoms with Crippen LogP contribution in [0.25, 0.3) is 0 Å². The standard InChI is InChI=1S/C14H23N3O/c1-2-4-6-11(5-3-1)13-16-14(18-17-13)12-7-9-15-10-8-12/h11-12,15H,1-10H2. The van der Waals surface area contributed by atoms with Crippen molar-refractivity contribution in [3.63, 3.8) is 0 Å². The van der Waals surface area contributed by atoms with Crippen molar-refractivity contribution in [3.05, 3.63) is 11.7 Å². The minimum atomic E-state index is 0.485. The maximum Gasteiger partial charge on any atom is 0.229 e. The van der Waals surface area contributed by atoms with E-state index in [0.29, 0.717) is 11.8 Å². The van der Waals surface area contributed by atoms with E-state index in [1.54, 1.807) is 0 Å². The van der Waals surface area contributed by atoms with Crippen LogP contribution in [0, 0.1) is 0 Å². The topological polar surface area (TPSA) is 51.0 Å². The summed E-state index contributed by atoms with van der Waals surface area (Å²) in [5, 5.41) is 7.62. The average molecular weight is 249 g/mol. The Bertz CT molecular complexity index is 363. The van der Waals surface area contributed by atoms with Gasteiger partial charge in [-0.1, -0.05) is 30.8 Å². The molecule has 1 aromatic heterocycles. The summed E-state index contributed by atoms with van der Waals surface area (Å²) in [7, 11) is 0. The fourth-order valence-corrected chi connectivity index (χ4v) is 3.19. The van der Waals surface area contributed by atoms with Crippen molar-refractivity contribution >= 4 is 0 Å². The molecule has 4 heteroatoms. The molecule has 0 spiro atoms. The highest BCUT2D eigenvalue weighted by atomic mass is 16.5. The molecule has 3 rings (SSSR count). The zero-order valence-electron chi connectivity index (χ0n) is 11.0. The van der Waals surface area contributed by atoms with Crippen molar-refractivity contribution in [3.8, 4) is 0 Å². The smallest absolute Gasteiger partial charge is 0.229 e. The second-order valence-electron chi connectivity index (χ2n) is 5.70. The predicted octanol–water partition coefficient (Wildman–Crippen LogP) is 2.97. The predicted molar refractivity (Wildman–Crippen MR) is 69.6 cm³/mol.